The third-order valence-corrected chi connectivity index (χ3v) is 2.83. The average molecular weight is 258 g/mol. The molecule has 1 N–H and O–H groups in total. The number of hydrogen-bond donors (Lipinski definition) is 1. The van der Waals surface area contributed by atoms with Crippen LogP contribution in [0.15, 0.2) is 36.7 Å². The van der Waals surface area contributed by atoms with Gasteiger partial charge in [0.05, 0.1) is 12.6 Å². The highest BCUT2D eigenvalue weighted by Gasteiger charge is 2.05. The minimum Gasteiger partial charge on any atom is -0.481 e. The van der Waals surface area contributed by atoms with Crippen LogP contribution in [0, 0.1) is 5.92 Å². The predicted molar refractivity (Wildman–Crippen MR) is 73.8 cm³/mol. The number of hydrogen-bond acceptors (Lipinski definition) is 2. The second-order valence-electron chi connectivity index (χ2n) is 5.11. The molecule has 4 heteroatoms. The Hall–Kier alpha value is -2.10. The maximum Gasteiger partial charge on any atom is 0.307 e. The van der Waals surface area contributed by atoms with Crippen molar-refractivity contribution in [1.82, 2.24) is 9.78 Å². The van der Waals surface area contributed by atoms with E-state index in [1.54, 1.807) is 0 Å². The van der Waals surface area contributed by atoms with E-state index in [0.717, 1.165) is 23.2 Å². The van der Waals surface area contributed by atoms with E-state index >= 15 is 0 Å². The molecule has 0 spiro atoms. The second kappa shape index (κ2) is 5.69. The molecule has 19 heavy (non-hydrogen) atoms. The van der Waals surface area contributed by atoms with Crippen molar-refractivity contribution in [2.24, 2.45) is 5.92 Å². The van der Waals surface area contributed by atoms with Gasteiger partial charge in [0, 0.05) is 18.3 Å². The summed E-state index contributed by atoms with van der Waals surface area (Å²) in [5.41, 5.74) is 2.93. The third-order valence-electron chi connectivity index (χ3n) is 2.83. The Bertz CT molecular complexity index is 556. The fraction of sp³-hybridized carbons (Fsp3) is 0.333. The lowest BCUT2D eigenvalue weighted by atomic mass is 10.1. The normalized spacial score (nSPS) is 10.9. The predicted octanol–water partition coefficient (Wildman–Crippen LogP) is 2.83. The maximum absolute atomic E-state index is 10.6. The molecule has 0 aliphatic carbocycles. The summed E-state index contributed by atoms with van der Waals surface area (Å²) < 4.78 is 1.94. The van der Waals surface area contributed by atoms with E-state index in [-0.39, 0.29) is 6.42 Å². The van der Waals surface area contributed by atoms with Crippen LogP contribution in [0.25, 0.3) is 11.1 Å². The lowest BCUT2D eigenvalue weighted by Gasteiger charge is -2.03. The fourth-order valence-electron chi connectivity index (χ4n) is 1.98. The highest BCUT2D eigenvalue weighted by atomic mass is 16.4. The number of aliphatic carboxylic acids is 1. The highest BCUT2D eigenvalue weighted by Crippen LogP contribution is 2.19. The standard InChI is InChI=1S/C15H18N2O2/c1-11(2)9-17-10-14(8-16-17)13-5-3-12(4-6-13)7-15(18)19/h3-6,8,10-11H,7,9H2,1-2H3,(H,18,19). The molecule has 1 aromatic heterocycles. The topological polar surface area (TPSA) is 55.1 Å². The summed E-state index contributed by atoms with van der Waals surface area (Å²) >= 11 is 0. The van der Waals surface area contributed by atoms with E-state index in [0.29, 0.717) is 5.92 Å². The molecule has 1 heterocycles. The Labute approximate surface area is 112 Å². The first-order valence-electron chi connectivity index (χ1n) is 6.38. The Balaban J connectivity index is 2.13. The zero-order valence-corrected chi connectivity index (χ0v) is 11.2. The van der Waals surface area contributed by atoms with Gasteiger partial charge in [-0.25, -0.2) is 0 Å². The van der Waals surface area contributed by atoms with Crippen LogP contribution in [0.1, 0.15) is 19.4 Å². The van der Waals surface area contributed by atoms with Gasteiger partial charge in [0.25, 0.3) is 0 Å². The zero-order chi connectivity index (χ0) is 13.8. The molecule has 0 atom stereocenters. The number of nitrogens with zero attached hydrogens (tertiary/aromatic N) is 2. The molecule has 0 radical (unpaired) electrons. The van der Waals surface area contributed by atoms with E-state index in [2.05, 4.69) is 18.9 Å². The lowest BCUT2D eigenvalue weighted by molar-refractivity contribution is -0.136. The van der Waals surface area contributed by atoms with Crippen LogP contribution in [0.3, 0.4) is 0 Å². The molecule has 0 bridgehead atoms. The van der Waals surface area contributed by atoms with Crippen molar-refractivity contribution in [3.8, 4) is 11.1 Å². The van der Waals surface area contributed by atoms with Crippen molar-refractivity contribution in [2.45, 2.75) is 26.8 Å². The van der Waals surface area contributed by atoms with Crippen LogP contribution in [0.4, 0.5) is 0 Å². The summed E-state index contributed by atoms with van der Waals surface area (Å²) in [6.45, 7) is 5.21. The number of carbonyl (C=O) groups is 1. The van der Waals surface area contributed by atoms with Crippen molar-refractivity contribution in [3.05, 3.63) is 42.2 Å². The molecule has 0 saturated heterocycles. The minimum atomic E-state index is -0.808. The zero-order valence-electron chi connectivity index (χ0n) is 11.2. The average Bonchev–Trinajstić information content (AvgIpc) is 2.76. The Morgan fingerprint density at radius 2 is 1.95 bits per heavy atom. The van der Waals surface area contributed by atoms with Crippen molar-refractivity contribution < 1.29 is 9.90 Å². The SMILES string of the molecule is CC(C)Cn1cc(-c2ccc(CC(=O)O)cc2)cn1. The Morgan fingerprint density at radius 3 is 2.53 bits per heavy atom. The highest BCUT2D eigenvalue weighted by molar-refractivity contribution is 5.71. The van der Waals surface area contributed by atoms with Crippen LogP contribution < -0.4 is 0 Å². The fourth-order valence-corrected chi connectivity index (χ4v) is 1.98. The van der Waals surface area contributed by atoms with Crippen molar-refractivity contribution in [1.29, 1.82) is 0 Å². The molecule has 0 aliphatic heterocycles. The van der Waals surface area contributed by atoms with Crippen LogP contribution in [0.2, 0.25) is 0 Å². The molecule has 0 fully saturated rings. The molecule has 0 saturated carbocycles. The molecular formula is C15H18N2O2. The van der Waals surface area contributed by atoms with E-state index in [1.807, 2.05) is 41.3 Å². The van der Waals surface area contributed by atoms with Gasteiger partial charge in [-0.05, 0) is 17.0 Å². The van der Waals surface area contributed by atoms with Crippen LogP contribution in [-0.4, -0.2) is 20.9 Å². The first kappa shape index (κ1) is 13.3. The minimum absolute atomic E-state index is 0.0624. The lowest BCUT2D eigenvalue weighted by Crippen LogP contribution is -2.03. The largest absolute Gasteiger partial charge is 0.481 e. The van der Waals surface area contributed by atoms with Crippen LogP contribution in [0.5, 0.6) is 0 Å². The van der Waals surface area contributed by atoms with Gasteiger partial charge in [0.1, 0.15) is 0 Å². The van der Waals surface area contributed by atoms with Crippen molar-refractivity contribution in [2.75, 3.05) is 0 Å². The molecule has 100 valence electrons. The molecule has 0 amide bonds. The van der Waals surface area contributed by atoms with Gasteiger partial charge < -0.3 is 5.11 Å². The summed E-state index contributed by atoms with van der Waals surface area (Å²) in [5, 5.41) is 13.1. The molecule has 2 aromatic rings. The van der Waals surface area contributed by atoms with Crippen molar-refractivity contribution >= 4 is 5.97 Å². The van der Waals surface area contributed by atoms with E-state index in [9.17, 15) is 4.79 Å². The van der Waals surface area contributed by atoms with Crippen molar-refractivity contribution in [3.63, 3.8) is 0 Å². The van der Waals surface area contributed by atoms with Gasteiger partial charge in [0.2, 0.25) is 0 Å². The smallest absolute Gasteiger partial charge is 0.307 e. The van der Waals surface area contributed by atoms with Gasteiger partial charge in [-0.1, -0.05) is 38.1 Å². The summed E-state index contributed by atoms with van der Waals surface area (Å²) in [6.07, 6.45) is 3.92. The first-order valence-corrected chi connectivity index (χ1v) is 6.38. The van der Waals surface area contributed by atoms with E-state index in [1.165, 1.54) is 0 Å². The monoisotopic (exact) mass is 258 g/mol. The summed E-state index contributed by atoms with van der Waals surface area (Å²) in [5.74, 6) is -0.247. The van der Waals surface area contributed by atoms with Crippen LogP contribution >= 0.6 is 0 Å². The number of rotatable bonds is 5. The molecule has 0 aliphatic rings. The summed E-state index contributed by atoms with van der Waals surface area (Å²) in [7, 11) is 0. The number of carboxylic acid groups (broad SMARTS) is 1. The van der Waals surface area contributed by atoms with Gasteiger partial charge >= 0.3 is 5.97 Å². The molecular weight excluding hydrogens is 240 g/mol. The van der Waals surface area contributed by atoms with Gasteiger partial charge in [0.15, 0.2) is 0 Å². The van der Waals surface area contributed by atoms with Crippen LogP contribution in [-0.2, 0) is 17.8 Å². The molecule has 0 unspecified atom stereocenters. The van der Waals surface area contributed by atoms with E-state index < -0.39 is 5.97 Å². The second-order valence-corrected chi connectivity index (χ2v) is 5.11. The van der Waals surface area contributed by atoms with Gasteiger partial charge in [-0.3, -0.25) is 9.48 Å². The number of aromatic nitrogens is 2. The molecule has 1 aromatic carbocycles. The summed E-state index contributed by atoms with van der Waals surface area (Å²) in [6, 6.07) is 7.58. The molecule has 4 nitrogen and oxygen atoms in total. The number of carboxylic acids is 1. The Morgan fingerprint density at radius 1 is 1.26 bits per heavy atom. The van der Waals surface area contributed by atoms with Gasteiger partial charge in [-0.15, -0.1) is 0 Å². The Kier molecular flexibility index (Phi) is 4.00. The molecule has 2 rings (SSSR count). The third kappa shape index (κ3) is 3.68. The quantitative estimate of drug-likeness (QED) is 0.897. The summed E-state index contributed by atoms with van der Waals surface area (Å²) in [4.78, 5) is 10.6. The van der Waals surface area contributed by atoms with E-state index in [4.69, 9.17) is 5.11 Å². The number of benzene rings is 1. The maximum atomic E-state index is 10.6. The van der Waals surface area contributed by atoms with Gasteiger partial charge in [-0.2, -0.15) is 5.10 Å². The first-order chi connectivity index (χ1) is 9.04.